The van der Waals surface area contributed by atoms with Crippen molar-refractivity contribution in [3.05, 3.63) is 52.1 Å². The summed E-state index contributed by atoms with van der Waals surface area (Å²) in [6, 6.07) is 12.8. The summed E-state index contributed by atoms with van der Waals surface area (Å²) in [5.74, 6) is 0.163. The Morgan fingerprint density at radius 2 is 1.95 bits per heavy atom. The molecule has 0 aliphatic rings. The summed E-state index contributed by atoms with van der Waals surface area (Å²) in [4.78, 5) is 15.4. The molecule has 2 aromatic carbocycles. The van der Waals surface area contributed by atoms with Crippen molar-refractivity contribution in [3.8, 4) is 16.3 Å². The normalized spacial score (nSPS) is 10.6. The van der Waals surface area contributed by atoms with E-state index in [0.717, 1.165) is 20.7 Å². The van der Waals surface area contributed by atoms with Gasteiger partial charge in [0.2, 0.25) is 0 Å². The molecule has 0 unspecified atom stereocenters. The number of aromatic nitrogens is 1. The summed E-state index contributed by atoms with van der Waals surface area (Å²) in [5, 5.41) is 2.34. The van der Waals surface area contributed by atoms with Gasteiger partial charge in [0.05, 0.1) is 0 Å². The SMILES string of the molecule is CC(=O)Oc1ccc(-c2nc(=S)c3cc(Cl)ccc3s2)cc1. The lowest BCUT2D eigenvalue weighted by Gasteiger charge is -2.05. The number of halogens is 1. The number of nitrogens with zero attached hydrogens (tertiary/aromatic N) is 1. The first-order valence-electron chi connectivity index (χ1n) is 6.42. The van der Waals surface area contributed by atoms with Crippen LogP contribution in [-0.4, -0.2) is 11.0 Å². The van der Waals surface area contributed by atoms with E-state index in [-0.39, 0.29) is 5.97 Å². The Hall–Kier alpha value is -1.82. The quantitative estimate of drug-likeness (QED) is 0.359. The molecule has 22 heavy (non-hydrogen) atoms. The summed E-state index contributed by atoms with van der Waals surface area (Å²) >= 11 is 12.9. The fourth-order valence-electron chi connectivity index (χ4n) is 1.99. The lowest BCUT2D eigenvalue weighted by Crippen LogP contribution is -2.00. The monoisotopic (exact) mass is 347 g/mol. The Morgan fingerprint density at radius 1 is 1.23 bits per heavy atom. The number of benzene rings is 2. The van der Waals surface area contributed by atoms with Gasteiger partial charge in [-0.05, 0) is 42.5 Å². The van der Waals surface area contributed by atoms with Crippen LogP contribution in [0.4, 0.5) is 0 Å². The molecule has 0 radical (unpaired) electrons. The summed E-state index contributed by atoms with van der Waals surface area (Å²) < 4.78 is 6.58. The molecule has 1 aromatic heterocycles. The second kappa shape index (κ2) is 6.12. The highest BCUT2D eigenvalue weighted by atomic mass is 35.5. The van der Waals surface area contributed by atoms with Gasteiger partial charge in [-0.25, -0.2) is 4.98 Å². The summed E-state index contributed by atoms with van der Waals surface area (Å²) in [7, 11) is 0. The van der Waals surface area contributed by atoms with Crippen LogP contribution in [0.5, 0.6) is 5.75 Å². The van der Waals surface area contributed by atoms with Gasteiger partial charge in [-0.2, -0.15) is 0 Å². The first-order valence-corrected chi connectivity index (χ1v) is 8.02. The Kier molecular flexibility index (Phi) is 4.20. The number of hydrogen-bond donors (Lipinski definition) is 0. The van der Waals surface area contributed by atoms with Crippen LogP contribution in [-0.2, 0) is 4.79 Å². The lowest BCUT2D eigenvalue weighted by atomic mass is 10.2. The fraction of sp³-hybridized carbons (Fsp3) is 0.0625. The Balaban J connectivity index is 2.05. The van der Waals surface area contributed by atoms with Crippen LogP contribution in [0, 0.1) is 4.64 Å². The Labute approximate surface area is 141 Å². The van der Waals surface area contributed by atoms with Gasteiger partial charge in [-0.1, -0.05) is 23.8 Å². The molecule has 0 N–H and O–H groups in total. The maximum atomic E-state index is 10.9. The molecule has 1 heterocycles. The second-order valence-electron chi connectivity index (χ2n) is 4.58. The summed E-state index contributed by atoms with van der Waals surface area (Å²) in [5.41, 5.74) is 0.920. The number of carbonyl (C=O) groups is 1. The molecule has 0 aliphatic heterocycles. The predicted octanol–water partition coefficient (Wildman–Crippen LogP) is 5.27. The molecule has 0 amide bonds. The average molecular weight is 348 g/mol. The Bertz CT molecular complexity index is 920. The van der Waals surface area contributed by atoms with Crippen molar-refractivity contribution in [1.29, 1.82) is 0 Å². The maximum Gasteiger partial charge on any atom is 0.308 e. The molecule has 0 aliphatic carbocycles. The van der Waals surface area contributed by atoms with E-state index in [1.807, 2.05) is 30.3 Å². The fourth-order valence-corrected chi connectivity index (χ4v) is 3.55. The van der Waals surface area contributed by atoms with Crippen LogP contribution < -0.4 is 4.74 Å². The van der Waals surface area contributed by atoms with Crippen LogP contribution in [0.3, 0.4) is 0 Å². The summed E-state index contributed by atoms with van der Waals surface area (Å²) in [6.07, 6.45) is 0. The van der Waals surface area contributed by atoms with Gasteiger partial charge in [-0.15, -0.1) is 11.3 Å². The predicted molar refractivity (Wildman–Crippen MR) is 92.2 cm³/mol. The molecular formula is C16H10ClNO2S2. The molecule has 0 atom stereocenters. The third-order valence-electron chi connectivity index (χ3n) is 2.94. The number of fused-ring (bicyclic) bond motifs is 1. The number of rotatable bonds is 2. The smallest absolute Gasteiger partial charge is 0.308 e. The molecule has 0 spiro atoms. The van der Waals surface area contributed by atoms with E-state index >= 15 is 0 Å². The standard InChI is InChI=1S/C16H10ClNO2S2/c1-9(19)20-12-5-2-10(3-6-12)16-18-15(21)13-8-11(17)4-7-14(13)22-16/h2-8H,1H3. The number of ether oxygens (including phenoxy) is 1. The van der Waals surface area contributed by atoms with Crippen LogP contribution in [0.1, 0.15) is 6.92 Å². The van der Waals surface area contributed by atoms with Crippen molar-refractivity contribution in [1.82, 2.24) is 4.98 Å². The minimum absolute atomic E-state index is 0.343. The largest absolute Gasteiger partial charge is 0.427 e. The zero-order valence-electron chi connectivity index (χ0n) is 11.5. The highest BCUT2D eigenvalue weighted by Crippen LogP contribution is 2.31. The minimum Gasteiger partial charge on any atom is -0.427 e. The van der Waals surface area contributed by atoms with Crippen LogP contribution in [0.2, 0.25) is 5.02 Å². The van der Waals surface area contributed by atoms with E-state index in [1.165, 1.54) is 18.3 Å². The second-order valence-corrected chi connectivity index (χ2v) is 6.44. The topological polar surface area (TPSA) is 39.2 Å². The third-order valence-corrected chi connectivity index (χ3v) is 4.59. The van der Waals surface area contributed by atoms with Gasteiger partial charge in [-0.3, -0.25) is 4.79 Å². The molecule has 0 saturated heterocycles. The zero-order chi connectivity index (χ0) is 15.7. The first kappa shape index (κ1) is 15.1. The van der Waals surface area contributed by atoms with E-state index in [0.29, 0.717) is 15.4 Å². The van der Waals surface area contributed by atoms with Crippen molar-refractivity contribution >= 4 is 51.2 Å². The van der Waals surface area contributed by atoms with Gasteiger partial charge in [0.25, 0.3) is 0 Å². The van der Waals surface area contributed by atoms with E-state index in [1.54, 1.807) is 12.1 Å². The van der Waals surface area contributed by atoms with Gasteiger partial charge >= 0.3 is 5.97 Å². The maximum absolute atomic E-state index is 10.9. The molecule has 3 nitrogen and oxygen atoms in total. The zero-order valence-corrected chi connectivity index (χ0v) is 13.9. The molecule has 110 valence electrons. The summed E-state index contributed by atoms with van der Waals surface area (Å²) in [6.45, 7) is 1.37. The van der Waals surface area contributed by atoms with Crippen molar-refractivity contribution in [2.75, 3.05) is 0 Å². The molecule has 0 saturated carbocycles. The lowest BCUT2D eigenvalue weighted by molar-refractivity contribution is -0.131. The minimum atomic E-state index is -0.343. The molecule has 0 bridgehead atoms. The molecule has 3 aromatic rings. The Morgan fingerprint density at radius 3 is 2.64 bits per heavy atom. The molecule has 3 rings (SSSR count). The van der Waals surface area contributed by atoms with E-state index in [2.05, 4.69) is 4.98 Å². The highest BCUT2D eigenvalue weighted by Gasteiger charge is 2.06. The van der Waals surface area contributed by atoms with Crippen molar-refractivity contribution in [2.45, 2.75) is 6.92 Å². The molecule has 6 heteroatoms. The van der Waals surface area contributed by atoms with Crippen molar-refractivity contribution < 1.29 is 9.53 Å². The number of hydrogen-bond acceptors (Lipinski definition) is 5. The number of carbonyl (C=O) groups excluding carboxylic acids is 1. The van der Waals surface area contributed by atoms with E-state index in [4.69, 9.17) is 28.6 Å². The highest BCUT2D eigenvalue weighted by molar-refractivity contribution is 7.71. The molecular weight excluding hydrogens is 338 g/mol. The van der Waals surface area contributed by atoms with E-state index < -0.39 is 0 Å². The van der Waals surface area contributed by atoms with Crippen LogP contribution >= 0.6 is 35.2 Å². The van der Waals surface area contributed by atoms with Gasteiger partial charge < -0.3 is 4.74 Å². The van der Waals surface area contributed by atoms with Crippen molar-refractivity contribution in [3.63, 3.8) is 0 Å². The van der Waals surface area contributed by atoms with Gasteiger partial charge in [0.1, 0.15) is 15.4 Å². The molecule has 0 fully saturated rings. The van der Waals surface area contributed by atoms with Crippen LogP contribution in [0.25, 0.3) is 20.7 Å². The first-order chi connectivity index (χ1) is 10.5. The van der Waals surface area contributed by atoms with Gasteiger partial charge in [0, 0.05) is 27.6 Å². The number of esters is 1. The van der Waals surface area contributed by atoms with E-state index in [9.17, 15) is 4.79 Å². The van der Waals surface area contributed by atoms with Crippen LogP contribution in [0.15, 0.2) is 42.5 Å². The van der Waals surface area contributed by atoms with Gasteiger partial charge in [0.15, 0.2) is 0 Å². The average Bonchev–Trinajstić information content (AvgIpc) is 2.48. The third kappa shape index (κ3) is 3.16. The van der Waals surface area contributed by atoms with Crippen molar-refractivity contribution in [2.24, 2.45) is 0 Å².